The second-order valence-corrected chi connectivity index (χ2v) is 16.3. The Hall–Kier alpha value is -3.92. The Labute approximate surface area is 268 Å². The number of hydrogen-bond acceptors (Lipinski definition) is 10. The topological polar surface area (TPSA) is 155 Å². The minimum absolute atomic E-state index is 0.0407. The third-order valence-electron chi connectivity index (χ3n) is 8.02. The number of hydrogen-bond donors (Lipinski definition) is 3. The molecule has 1 atom stereocenters. The number of rotatable bonds is 11. The number of pyridine rings is 1. The number of nitrogens with zero attached hydrogens (tertiary/aromatic N) is 4. The normalized spacial score (nSPS) is 15.8. The van der Waals surface area contributed by atoms with Crippen molar-refractivity contribution >= 4 is 48.2 Å². The lowest BCUT2D eigenvalue weighted by atomic mass is 10.1. The second-order valence-electron chi connectivity index (χ2n) is 11.7. The van der Waals surface area contributed by atoms with Crippen LogP contribution in [0.5, 0.6) is 0 Å². The molecule has 2 aromatic carbocycles. The smallest absolute Gasteiger partial charge is 0.260 e. The Kier molecular flexibility index (Phi) is 9.77. The van der Waals surface area contributed by atoms with Crippen molar-refractivity contribution in [1.82, 2.24) is 24.2 Å². The molecule has 12 nitrogen and oxygen atoms in total. The van der Waals surface area contributed by atoms with Crippen molar-refractivity contribution in [3.8, 4) is 11.1 Å². The van der Waals surface area contributed by atoms with Gasteiger partial charge < -0.3 is 16.0 Å². The summed E-state index contributed by atoms with van der Waals surface area (Å²) >= 11 is 0. The van der Waals surface area contributed by atoms with Crippen molar-refractivity contribution in [3.63, 3.8) is 0 Å². The van der Waals surface area contributed by atoms with Gasteiger partial charge in [-0.15, -0.1) is 0 Å². The summed E-state index contributed by atoms with van der Waals surface area (Å²) in [6.45, 7) is 4.81. The van der Waals surface area contributed by atoms with E-state index in [1.165, 1.54) is 49.9 Å². The van der Waals surface area contributed by atoms with Crippen LogP contribution in [0.25, 0.3) is 22.2 Å². The maximum atomic E-state index is 15.4. The fraction of sp³-hybridized carbons (Fsp3) is 0.387. The quantitative estimate of drug-likeness (QED) is 0.216. The number of sulfone groups is 1. The first-order valence-corrected chi connectivity index (χ1v) is 18.3. The van der Waals surface area contributed by atoms with E-state index in [2.05, 4.69) is 25.9 Å². The third kappa shape index (κ3) is 7.38. The van der Waals surface area contributed by atoms with Gasteiger partial charge in [0, 0.05) is 61.2 Å². The highest BCUT2D eigenvalue weighted by atomic mass is 32.2. The van der Waals surface area contributed by atoms with Crippen LogP contribution in [0.2, 0.25) is 0 Å². The molecule has 0 bridgehead atoms. The van der Waals surface area contributed by atoms with Crippen molar-refractivity contribution in [2.75, 3.05) is 43.6 Å². The molecule has 46 heavy (non-hydrogen) atoms. The lowest BCUT2D eigenvalue weighted by Gasteiger charge is -2.24. The summed E-state index contributed by atoms with van der Waals surface area (Å²) in [6.07, 6.45) is 4.77. The van der Waals surface area contributed by atoms with E-state index in [0.717, 1.165) is 48.2 Å². The highest BCUT2D eigenvalue weighted by Crippen LogP contribution is 2.27. The SMILES string of the molecule is CC(C)S(=O)(=O)c1ccc(-c2cc3cnc(Nc4ccc(NC5CCCNC5)cc4)nc3n(CCN(C)S(C)(=O)=O)c2=O)c(F)c1. The van der Waals surface area contributed by atoms with E-state index in [1.54, 1.807) is 0 Å². The molecular weight excluding hydrogens is 634 g/mol. The zero-order valence-electron chi connectivity index (χ0n) is 26.1. The number of anilines is 3. The molecule has 1 saturated heterocycles. The lowest BCUT2D eigenvalue weighted by Crippen LogP contribution is -2.38. The van der Waals surface area contributed by atoms with Gasteiger partial charge in [-0.1, -0.05) is 0 Å². The van der Waals surface area contributed by atoms with Crippen molar-refractivity contribution in [2.24, 2.45) is 0 Å². The average Bonchev–Trinajstić information content (AvgIpc) is 3.01. The van der Waals surface area contributed by atoms with E-state index in [0.29, 0.717) is 17.1 Å². The molecule has 3 heterocycles. The molecule has 0 amide bonds. The molecule has 0 saturated carbocycles. The molecular formula is C31H38FN7O5S2. The monoisotopic (exact) mass is 671 g/mol. The number of nitrogens with one attached hydrogen (secondary N) is 3. The van der Waals surface area contributed by atoms with Crippen LogP contribution in [-0.2, 0) is 26.4 Å². The highest BCUT2D eigenvalue weighted by Gasteiger charge is 2.23. The molecule has 5 rings (SSSR count). The molecule has 1 aliphatic rings. The fourth-order valence-corrected chi connectivity index (χ4v) is 6.66. The first-order chi connectivity index (χ1) is 21.7. The third-order valence-corrected chi connectivity index (χ3v) is 11.5. The van der Waals surface area contributed by atoms with Crippen LogP contribution in [0.3, 0.4) is 0 Å². The molecule has 0 spiro atoms. The largest absolute Gasteiger partial charge is 0.381 e. The van der Waals surface area contributed by atoms with E-state index in [9.17, 15) is 21.6 Å². The van der Waals surface area contributed by atoms with Crippen LogP contribution >= 0.6 is 0 Å². The van der Waals surface area contributed by atoms with Gasteiger partial charge in [0.15, 0.2) is 9.84 Å². The number of piperidine rings is 1. The number of benzene rings is 2. The van der Waals surface area contributed by atoms with E-state index in [4.69, 9.17) is 0 Å². The van der Waals surface area contributed by atoms with Crippen molar-refractivity contribution in [1.29, 1.82) is 0 Å². The van der Waals surface area contributed by atoms with Crippen molar-refractivity contribution in [2.45, 2.75) is 49.4 Å². The summed E-state index contributed by atoms with van der Waals surface area (Å²) in [5.41, 5.74) is 1.16. The standard InChI is InChI=1S/C31H38FN7O5S2/c1-20(2)46(43,44)25-11-12-26(28(32)17-25)27-16-21-18-34-31(37-29(21)39(30(27)40)15-14-38(3)45(4,41)42)36-23-9-7-22(8-10-23)35-24-6-5-13-33-19-24/h7-12,16-18,20,24,33,35H,5-6,13-15,19H2,1-4H3,(H,34,36,37). The first kappa shape index (κ1) is 33.4. The predicted octanol–water partition coefficient (Wildman–Crippen LogP) is 3.58. The average molecular weight is 672 g/mol. The zero-order valence-corrected chi connectivity index (χ0v) is 27.8. The van der Waals surface area contributed by atoms with E-state index in [1.807, 2.05) is 24.3 Å². The molecule has 1 unspecified atom stereocenters. The lowest BCUT2D eigenvalue weighted by molar-refractivity contribution is 0.449. The molecule has 15 heteroatoms. The Morgan fingerprint density at radius 3 is 2.41 bits per heavy atom. The van der Waals surface area contributed by atoms with Crippen LogP contribution in [0, 0.1) is 5.82 Å². The number of likely N-dealkylation sites (N-methyl/N-ethyl adjacent to an activating group) is 1. The Balaban J connectivity index is 1.50. The predicted molar refractivity (Wildman–Crippen MR) is 178 cm³/mol. The molecule has 4 aromatic rings. The summed E-state index contributed by atoms with van der Waals surface area (Å²) < 4.78 is 67.2. The van der Waals surface area contributed by atoms with Gasteiger partial charge in [0.1, 0.15) is 11.5 Å². The molecule has 0 radical (unpaired) electrons. The Morgan fingerprint density at radius 2 is 1.78 bits per heavy atom. The molecule has 2 aromatic heterocycles. The van der Waals surface area contributed by atoms with Gasteiger partial charge >= 0.3 is 0 Å². The second kappa shape index (κ2) is 13.4. The number of fused-ring (bicyclic) bond motifs is 1. The van der Waals surface area contributed by atoms with Gasteiger partial charge in [-0.2, -0.15) is 4.98 Å². The van der Waals surface area contributed by atoms with E-state index in [-0.39, 0.29) is 40.7 Å². The maximum Gasteiger partial charge on any atom is 0.260 e. The number of sulfonamides is 1. The molecule has 1 aliphatic heterocycles. The Morgan fingerprint density at radius 1 is 1.07 bits per heavy atom. The van der Waals surface area contributed by atoms with E-state index < -0.39 is 36.5 Å². The zero-order chi connectivity index (χ0) is 33.2. The minimum Gasteiger partial charge on any atom is -0.381 e. The molecule has 3 N–H and O–H groups in total. The van der Waals surface area contributed by atoms with Gasteiger partial charge in [-0.3, -0.25) is 9.36 Å². The summed E-state index contributed by atoms with van der Waals surface area (Å²) in [4.78, 5) is 22.7. The maximum absolute atomic E-state index is 15.4. The van der Waals surface area contributed by atoms with Gasteiger partial charge in [0.25, 0.3) is 5.56 Å². The van der Waals surface area contributed by atoms with Crippen molar-refractivity contribution in [3.05, 3.63) is 70.9 Å². The summed E-state index contributed by atoms with van der Waals surface area (Å²) in [7, 11) is -5.90. The minimum atomic E-state index is -3.74. The van der Waals surface area contributed by atoms with Gasteiger partial charge in [-0.05, 0) is 81.8 Å². The molecule has 1 fully saturated rings. The highest BCUT2D eigenvalue weighted by molar-refractivity contribution is 7.92. The van der Waals surface area contributed by atoms with Crippen LogP contribution < -0.4 is 21.5 Å². The summed E-state index contributed by atoms with van der Waals surface area (Å²) in [5, 5.41) is 9.70. The Bertz CT molecular complexity index is 2010. The summed E-state index contributed by atoms with van der Waals surface area (Å²) in [6, 6.07) is 12.9. The van der Waals surface area contributed by atoms with Gasteiger partial charge in [0.05, 0.1) is 22.0 Å². The fourth-order valence-electron chi connectivity index (χ4n) is 5.18. The molecule has 246 valence electrons. The number of aromatic nitrogens is 3. The van der Waals surface area contributed by atoms with Crippen LogP contribution in [-0.4, -0.2) is 79.9 Å². The van der Waals surface area contributed by atoms with E-state index >= 15 is 4.39 Å². The van der Waals surface area contributed by atoms with Gasteiger partial charge in [-0.25, -0.2) is 30.5 Å². The van der Waals surface area contributed by atoms with Crippen LogP contribution in [0.1, 0.15) is 26.7 Å². The number of halogens is 1. The first-order valence-electron chi connectivity index (χ1n) is 14.9. The van der Waals surface area contributed by atoms with Crippen LogP contribution in [0.15, 0.2) is 64.4 Å². The molecule has 0 aliphatic carbocycles. The van der Waals surface area contributed by atoms with Gasteiger partial charge in [0.2, 0.25) is 16.0 Å². The van der Waals surface area contributed by atoms with Crippen LogP contribution in [0.4, 0.5) is 21.7 Å². The van der Waals surface area contributed by atoms with Crippen molar-refractivity contribution < 1.29 is 21.2 Å². The summed E-state index contributed by atoms with van der Waals surface area (Å²) in [5.74, 6) is -0.675.